The maximum Gasteiger partial charge on any atom is 0.145 e. The molecular weight excluding hydrogens is 221 g/mol. The zero-order chi connectivity index (χ0) is 12.3. The van der Waals surface area contributed by atoms with Crippen molar-refractivity contribution in [2.45, 2.75) is 6.54 Å². The van der Waals surface area contributed by atoms with Crippen molar-refractivity contribution in [3.8, 4) is 11.4 Å². The fourth-order valence-electron chi connectivity index (χ4n) is 1.63. The van der Waals surface area contributed by atoms with Crippen LogP contribution in [0.1, 0.15) is 5.69 Å². The molecule has 1 heterocycles. The molecule has 0 fully saturated rings. The van der Waals surface area contributed by atoms with Gasteiger partial charge in [0.25, 0.3) is 0 Å². The van der Waals surface area contributed by atoms with Crippen LogP contribution in [0, 0.1) is 5.82 Å². The molecule has 0 bridgehead atoms. The smallest absolute Gasteiger partial charge is 0.145 e. The molecular formula is C12H14FN3O. The molecule has 4 nitrogen and oxygen atoms in total. The van der Waals surface area contributed by atoms with Crippen molar-refractivity contribution in [1.29, 1.82) is 0 Å². The Morgan fingerprint density at radius 2 is 2.29 bits per heavy atom. The molecule has 0 saturated carbocycles. The number of imidazole rings is 1. The first-order chi connectivity index (χ1) is 8.24. The van der Waals surface area contributed by atoms with Crippen LogP contribution in [0.4, 0.5) is 4.39 Å². The second kappa shape index (κ2) is 4.97. The van der Waals surface area contributed by atoms with E-state index in [9.17, 15) is 4.39 Å². The molecule has 0 aliphatic rings. The molecule has 0 radical (unpaired) electrons. The maximum atomic E-state index is 13.1. The highest BCUT2D eigenvalue weighted by Gasteiger charge is 2.07. The second-order valence-corrected chi connectivity index (χ2v) is 3.62. The average Bonchev–Trinajstić information content (AvgIpc) is 2.78. The van der Waals surface area contributed by atoms with E-state index in [2.05, 4.69) is 10.3 Å². The number of halogens is 1. The van der Waals surface area contributed by atoms with E-state index in [1.165, 1.54) is 19.2 Å². The van der Waals surface area contributed by atoms with Crippen LogP contribution < -0.4 is 10.1 Å². The zero-order valence-corrected chi connectivity index (χ0v) is 9.77. The van der Waals surface area contributed by atoms with Crippen LogP contribution in [-0.2, 0) is 6.54 Å². The molecule has 0 aliphatic carbocycles. The summed E-state index contributed by atoms with van der Waals surface area (Å²) in [6, 6.07) is 4.42. The standard InChI is InChI=1S/C12H14FN3O/c1-14-6-10-7-16(8-15-10)11-4-3-9(13)5-12(11)17-2/h3-5,7-8,14H,6H2,1-2H3. The molecule has 2 aromatic rings. The molecule has 0 aliphatic heterocycles. The van der Waals surface area contributed by atoms with Crippen LogP contribution in [0.2, 0.25) is 0 Å². The highest BCUT2D eigenvalue weighted by atomic mass is 19.1. The summed E-state index contributed by atoms with van der Waals surface area (Å²) in [5, 5.41) is 3.02. The van der Waals surface area contributed by atoms with Crippen LogP contribution in [0.5, 0.6) is 5.75 Å². The SMILES string of the molecule is CNCc1cn(-c2ccc(F)cc2OC)cn1. The van der Waals surface area contributed by atoms with E-state index in [-0.39, 0.29) is 5.82 Å². The van der Waals surface area contributed by atoms with Gasteiger partial charge in [0.2, 0.25) is 0 Å². The van der Waals surface area contributed by atoms with Crippen molar-refractivity contribution >= 4 is 0 Å². The van der Waals surface area contributed by atoms with Crippen molar-refractivity contribution in [3.05, 3.63) is 42.2 Å². The summed E-state index contributed by atoms with van der Waals surface area (Å²) in [5.41, 5.74) is 1.68. The van der Waals surface area contributed by atoms with E-state index in [0.29, 0.717) is 12.3 Å². The van der Waals surface area contributed by atoms with Gasteiger partial charge >= 0.3 is 0 Å². The first-order valence-electron chi connectivity index (χ1n) is 5.26. The van der Waals surface area contributed by atoms with E-state index in [1.54, 1.807) is 12.4 Å². The Balaban J connectivity index is 2.37. The molecule has 90 valence electrons. The van der Waals surface area contributed by atoms with Gasteiger partial charge in [-0.15, -0.1) is 0 Å². The summed E-state index contributed by atoms with van der Waals surface area (Å²) in [5.74, 6) is 0.166. The van der Waals surface area contributed by atoms with Gasteiger partial charge in [-0.05, 0) is 19.2 Å². The topological polar surface area (TPSA) is 39.1 Å². The van der Waals surface area contributed by atoms with Gasteiger partial charge in [-0.3, -0.25) is 0 Å². The van der Waals surface area contributed by atoms with Gasteiger partial charge in [0.1, 0.15) is 11.6 Å². The van der Waals surface area contributed by atoms with Crippen molar-refractivity contribution in [3.63, 3.8) is 0 Å². The number of nitrogens with zero attached hydrogens (tertiary/aromatic N) is 2. The number of hydrogen-bond acceptors (Lipinski definition) is 3. The van der Waals surface area contributed by atoms with Gasteiger partial charge in [0.15, 0.2) is 0 Å². The third-order valence-corrected chi connectivity index (χ3v) is 2.41. The molecule has 0 unspecified atom stereocenters. The quantitative estimate of drug-likeness (QED) is 0.877. The minimum Gasteiger partial charge on any atom is -0.494 e. The lowest BCUT2D eigenvalue weighted by atomic mass is 10.3. The van der Waals surface area contributed by atoms with E-state index in [4.69, 9.17) is 4.74 Å². The Labute approximate surface area is 99.1 Å². The van der Waals surface area contributed by atoms with Crippen molar-refractivity contribution in [2.24, 2.45) is 0 Å². The van der Waals surface area contributed by atoms with E-state index in [1.807, 2.05) is 17.8 Å². The Kier molecular flexibility index (Phi) is 3.39. The number of methoxy groups -OCH3 is 1. The molecule has 0 spiro atoms. The number of nitrogens with one attached hydrogen (secondary N) is 1. The lowest BCUT2D eigenvalue weighted by molar-refractivity contribution is 0.409. The number of rotatable bonds is 4. The molecule has 1 N–H and O–H groups in total. The summed E-state index contributed by atoms with van der Waals surface area (Å²) in [4.78, 5) is 4.23. The first kappa shape index (κ1) is 11.6. The predicted octanol–water partition coefficient (Wildman–Crippen LogP) is 1.74. The Hall–Kier alpha value is -1.88. The van der Waals surface area contributed by atoms with Gasteiger partial charge in [0, 0.05) is 18.8 Å². The molecule has 0 saturated heterocycles. The van der Waals surface area contributed by atoms with Crippen LogP contribution >= 0.6 is 0 Å². The van der Waals surface area contributed by atoms with E-state index in [0.717, 1.165) is 11.4 Å². The lowest BCUT2D eigenvalue weighted by Crippen LogP contribution is -2.05. The number of benzene rings is 1. The lowest BCUT2D eigenvalue weighted by Gasteiger charge is -2.08. The summed E-state index contributed by atoms with van der Waals surface area (Å²) < 4.78 is 20.0. The first-order valence-corrected chi connectivity index (χ1v) is 5.26. The fraction of sp³-hybridized carbons (Fsp3) is 0.250. The molecule has 17 heavy (non-hydrogen) atoms. The fourth-order valence-corrected chi connectivity index (χ4v) is 1.63. The minimum atomic E-state index is -0.318. The summed E-state index contributed by atoms with van der Waals surface area (Å²) in [7, 11) is 3.38. The normalized spacial score (nSPS) is 10.5. The molecule has 2 rings (SSSR count). The van der Waals surface area contributed by atoms with Crippen molar-refractivity contribution < 1.29 is 9.13 Å². The summed E-state index contributed by atoms with van der Waals surface area (Å²) in [6.45, 7) is 0.691. The Morgan fingerprint density at radius 3 is 3.00 bits per heavy atom. The third-order valence-electron chi connectivity index (χ3n) is 2.41. The largest absolute Gasteiger partial charge is 0.494 e. The van der Waals surface area contributed by atoms with Gasteiger partial charge in [-0.1, -0.05) is 0 Å². The molecule has 1 aromatic heterocycles. The van der Waals surface area contributed by atoms with Crippen LogP contribution in [0.25, 0.3) is 5.69 Å². The number of aromatic nitrogens is 2. The maximum absolute atomic E-state index is 13.1. The highest BCUT2D eigenvalue weighted by molar-refractivity contribution is 5.47. The number of hydrogen-bond donors (Lipinski definition) is 1. The average molecular weight is 235 g/mol. The van der Waals surface area contributed by atoms with Crippen molar-refractivity contribution in [1.82, 2.24) is 14.9 Å². The Bertz CT molecular complexity index is 510. The third kappa shape index (κ3) is 2.45. The Morgan fingerprint density at radius 1 is 1.47 bits per heavy atom. The molecule has 0 amide bonds. The summed E-state index contributed by atoms with van der Waals surface area (Å²) in [6.07, 6.45) is 3.56. The predicted molar refractivity (Wildman–Crippen MR) is 62.8 cm³/mol. The monoisotopic (exact) mass is 235 g/mol. The van der Waals surface area contributed by atoms with Crippen LogP contribution in [0.15, 0.2) is 30.7 Å². The van der Waals surface area contributed by atoms with Gasteiger partial charge in [-0.2, -0.15) is 0 Å². The van der Waals surface area contributed by atoms with Crippen LogP contribution in [-0.4, -0.2) is 23.7 Å². The van der Waals surface area contributed by atoms with Crippen LogP contribution in [0.3, 0.4) is 0 Å². The highest BCUT2D eigenvalue weighted by Crippen LogP contribution is 2.23. The zero-order valence-electron chi connectivity index (χ0n) is 9.77. The van der Waals surface area contributed by atoms with Crippen molar-refractivity contribution in [2.75, 3.05) is 14.2 Å². The molecule has 5 heteroatoms. The summed E-state index contributed by atoms with van der Waals surface area (Å²) >= 11 is 0. The van der Waals surface area contributed by atoms with E-state index >= 15 is 0 Å². The molecule has 0 atom stereocenters. The van der Waals surface area contributed by atoms with Gasteiger partial charge < -0.3 is 14.6 Å². The molecule has 1 aromatic carbocycles. The van der Waals surface area contributed by atoms with E-state index < -0.39 is 0 Å². The van der Waals surface area contributed by atoms with Gasteiger partial charge in [-0.25, -0.2) is 9.37 Å². The minimum absolute atomic E-state index is 0.318. The number of ether oxygens (including phenoxy) is 1. The van der Waals surface area contributed by atoms with Gasteiger partial charge in [0.05, 0.1) is 24.8 Å². The second-order valence-electron chi connectivity index (χ2n) is 3.62.